The topological polar surface area (TPSA) is 72.7 Å². The number of unbranched alkanes of at least 4 members (excludes halogenated alkanes) is 1. The van der Waals surface area contributed by atoms with Crippen LogP contribution in [0.4, 0.5) is 0 Å². The summed E-state index contributed by atoms with van der Waals surface area (Å²) < 4.78 is 12.9. The SMILES string of the molecule is CN=C(NCCCCn1ccnc1C)NCCc1ccc2c(c1)OCO2.I. The number of ether oxygens (including phenoxy) is 2. The van der Waals surface area contributed by atoms with Gasteiger partial charge in [-0.05, 0) is 43.9 Å². The molecule has 0 bridgehead atoms. The van der Waals surface area contributed by atoms with Gasteiger partial charge in [-0.25, -0.2) is 4.98 Å². The van der Waals surface area contributed by atoms with Gasteiger partial charge in [-0.1, -0.05) is 6.07 Å². The first-order valence-corrected chi connectivity index (χ1v) is 9.07. The summed E-state index contributed by atoms with van der Waals surface area (Å²) in [4.78, 5) is 8.51. The van der Waals surface area contributed by atoms with Crippen LogP contribution in [0.25, 0.3) is 0 Å². The van der Waals surface area contributed by atoms with Crippen LogP contribution < -0.4 is 20.1 Å². The zero-order valence-electron chi connectivity index (χ0n) is 15.9. The average molecular weight is 485 g/mol. The molecule has 1 aromatic carbocycles. The number of rotatable bonds is 8. The molecule has 0 unspecified atom stereocenters. The van der Waals surface area contributed by atoms with Gasteiger partial charge in [0.05, 0.1) is 0 Å². The molecule has 8 heteroatoms. The number of guanidine groups is 1. The maximum Gasteiger partial charge on any atom is 0.231 e. The summed E-state index contributed by atoms with van der Waals surface area (Å²) in [5, 5.41) is 6.71. The Morgan fingerprint density at radius 1 is 1.19 bits per heavy atom. The van der Waals surface area contributed by atoms with E-state index in [1.807, 2.05) is 31.5 Å². The second-order valence-electron chi connectivity index (χ2n) is 6.24. The summed E-state index contributed by atoms with van der Waals surface area (Å²) >= 11 is 0. The largest absolute Gasteiger partial charge is 0.454 e. The molecule has 0 atom stereocenters. The molecule has 0 saturated carbocycles. The van der Waals surface area contributed by atoms with Gasteiger partial charge in [0.15, 0.2) is 17.5 Å². The summed E-state index contributed by atoms with van der Waals surface area (Å²) in [6, 6.07) is 6.08. The molecule has 0 radical (unpaired) electrons. The molecular formula is C19H28IN5O2. The molecule has 27 heavy (non-hydrogen) atoms. The first-order chi connectivity index (χ1) is 12.8. The van der Waals surface area contributed by atoms with Crippen LogP contribution in [0.15, 0.2) is 35.6 Å². The highest BCUT2D eigenvalue weighted by atomic mass is 127. The molecule has 0 amide bonds. The minimum atomic E-state index is 0. The Morgan fingerprint density at radius 2 is 2.00 bits per heavy atom. The van der Waals surface area contributed by atoms with Crippen molar-refractivity contribution in [1.29, 1.82) is 0 Å². The second-order valence-corrected chi connectivity index (χ2v) is 6.24. The molecule has 3 rings (SSSR count). The van der Waals surface area contributed by atoms with E-state index in [9.17, 15) is 0 Å². The standard InChI is InChI=1S/C19H27N5O2.HI/c1-15-21-10-12-24(15)11-4-3-8-22-19(20-2)23-9-7-16-5-6-17-18(13-16)26-14-25-17;/h5-6,10,12-13H,3-4,7-9,11,14H2,1-2H3,(H2,20,22,23);1H. The number of nitrogens with zero attached hydrogens (tertiary/aromatic N) is 3. The smallest absolute Gasteiger partial charge is 0.231 e. The first kappa shape index (κ1) is 21.3. The molecule has 148 valence electrons. The van der Waals surface area contributed by atoms with Crippen LogP contribution in [-0.2, 0) is 13.0 Å². The molecule has 0 fully saturated rings. The van der Waals surface area contributed by atoms with Crippen LogP contribution in [0, 0.1) is 6.92 Å². The van der Waals surface area contributed by atoms with E-state index in [1.165, 1.54) is 5.56 Å². The van der Waals surface area contributed by atoms with Gasteiger partial charge < -0.3 is 24.7 Å². The Labute approximate surface area is 177 Å². The maximum atomic E-state index is 5.41. The van der Waals surface area contributed by atoms with Crippen LogP contribution in [-0.4, -0.2) is 42.4 Å². The van der Waals surface area contributed by atoms with Crippen LogP contribution in [0.1, 0.15) is 24.2 Å². The van der Waals surface area contributed by atoms with Crippen molar-refractivity contribution in [1.82, 2.24) is 20.2 Å². The van der Waals surface area contributed by atoms with Gasteiger partial charge in [0.2, 0.25) is 6.79 Å². The van der Waals surface area contributed by atoms with Gasteiger partial charge >= 0.3 is 0 Å². The van der Waals surface area contributed by atoms with E-state index in [1.54, 1.807) is 7.05 Å². The average Bonchev–Trinajstić information content (AvgIpc) is 3.28. The van der Waals surface area contributed by atoms with Crippen molar-refractivity contribution in [3.63, 3.8) is 0 Å². The molecule has 1 aliphatic rings. The zero-order chi connectivity index (χ0) is 18.2. The number of benzene rings is 1. The van der Waals surface area contributed by atoms with Gasteiger partial charge in [0.25, 0.3) is 0 Å². The molecule has 2 aromatic rings. The Morgan fingerprint density at radius 3 is 2.78 bits per heavy atom. The van der Waals surface area contributed by atoms with Crippen LogP contribution in [0.2, 0.25) is 0 Å². The van der Waals surface area contributed by atoms with Crippen molar-refractivity contribution < 1.29 is 9.47 Å². The minimum Gasteiger partial charge on any atom is -0.454 e. The fourth-order valence-electron chi connectivity index (χ4n) is 2.90. The number of nitrogens with one attached hydrogen (secondary N) is 2. The van der Waals surface area contributed by atoms with Gasteiger partial charge in [0.1, 0.15) is 5.82 Å². The van der Waals surface area contributed by atoms with Crippen LogP contribution >= 0.6 is 24.0 Å². The van der Waals surface area contributed by atoms with Crippen molar-refractivity contribution >= 4 is 29.9 Å². The van der Waals surface area contributed by atoms with E-state index in [0.29, 0.717) is 6.79 Å². The number of aliphatic imine (C=N–C) groups is 1. The van der Waals surface area contributed by atoms with Crippen molar-refractivity contribution in [2.45, 2.75) is 32.7 Å². The number of hydrogen-bond donors (Lipinski definition) is 2. The molecular weight excluding hydrogens is 457 g/mol. The predicted molar refractivity (Wildman–Crippen MR) is 117 cm³/mol. The monoisotopic (exact) mass is 485 g/mol. The van der Waals surface area contributed by atoms with E-state index < -0.39 is 0 Å². The van der Waals surface area contributed by atoms with Crippen molar-refractivity contribution in [3.05, 3.63) is 42.0 Å². The van der Waals surface area contributed by atoms with Crippen LogP contribution in [0.5, 0.6) is 11.5 Å². The lowest BCUT2D eigenvalue weighted by Gasteiger charge is -2.12. The minimum absolute atomic E-state index is 0. The molecule has 1 aromatic heterocycles. The fourth-order valence-corrected chi connectivity index (χ4v) is 2.90. The number of halogens is 1. The molecule has 0 aliphatic carbocycles. The van der Waals surface area contributed by atoms with Crippen molar-refractivity contribution in [2.75, 3.05) is 26.9 Å². The summed E-state index contributed by atoms with van der Waals surface area (Å²) in [6.45, 7) is 5.06. The molecule has 7 nitrogen and oxygen atoms in total. The van der Waals surface area contributed by atoms with E-state index in [4.69, 9.17) is 9.47 Å². The number of aryl methyl sites for hydroxylation is 2. The second kappa shape index (κ2) is 11.0. The molecule has 0 spiro atoms. The van der Waals surface area contributed by atoms with Gasteiger partial charge in [-0.15, -0.1) is 24.0 Å². The quantitative estimate of drug-likeness (QED) is 0.261. The van der Waals surface area contributed by atoms with Crippen molar-refractivity contribution in [3.8, 4) is 11.5 Å². The summed E-state index contributed by atoms with van der Waals surface area (Å²) in [5.74, 6) is 3.56. The Bertz CT molecular complexity index is 747. The maximum absolute atomic E-state index is 5.41. The molecule has 0 saturated heterocycles. The third-order valence-electron chi connectivity index (χ3n) is 4.41. The number of hydrogen-bond acceptors (Lipinski definition) is 4. The normalized spacial score (nSPS) is 12.6. The highest BCUT2D eigenvalue weighted by molar-refractivity contribution is 14.0. The van der Waals surface area contributed by atoms with E-state index in [2.05, 4.69) is 31.2 Å². The number of imidazole rings is 1. The van der Waals surface area contributed by atoms with E-state index in [-0.39, 0.29) is 24.0 Å². The Kier molecular flexibility index (Phi) is 8.70. The predicted octanol–water partition coefficient (Wildman–Crippen LogP) is 2.73. The van der Waals surface area contributed by atoms with E-state index in [0.717, 1.165) is 62.2 Å². The summed E-state index contributed by atoms with van der Waals surface area (Å²) in [5.41, 5.74) is 1.22. The zero-order valence-corrected chi connectivity index (χ0v) is 18.2. The summed E-state index contributed by atoms with van der Waals surface area (Å²) in [7, 11) is 1.80. The number of aromatic nitrogens is 2. The Balaban J connectivity index is 0.00000261. The van der Waals surface area contributed by atoms with Gasteiger partial charge in [-0.2, -0.15) is 0 Å². The Hall–Kier alpha value is -1.97. The first-order valence-electron chi connectivity index (χ1n) is 9.07. The lowest BCUT2D eigenvalue weighted by atomic mass is 10.1. The third kappa shape index (κ3) is 6.30. The summed E-state index contributed by atoms with van der Waals surface area (Å²) in [6.07, 6.45) is 6.97. The lowest BCUT2D eigenvalue weighted by Crippen LogP contribution is -2.38. The molecule has 1 aliphatic heterocycles. The highest BCUT2D eigenvalue weighted by Crippen LogP contribution is 2.32. The van der Waals surface area contributed by atoms with Gasteiger partial charge in [-0.3, -0.25) is 4.99 Å². The molecule has 2 N–H and O–H groups in total. The number of fused-ring (bicyclic) bond motifs is 1. The highest BCUT2D eigenvalue weighted by Gasteiger charge is 2.12. The molecule has 2 heterocycles. The van der Waals surface area contributed by atoms with Crippen LogP contribution in [0.3, 0.4) is 0 Å². The fraction of sp³-hybridized carbons (Fsp3) is 0.474. The van der Waals surface area contributed by atoms with E-state index >= 15 is 0 Å². The third-order valence-corrected chi connectivity index (χ3v) is 4.41. The van der Waals surface area contributed by atoms with Gasteiger partial charge in [0, 0.05) is 39.1 Å². The lowest BCUT2D eigenvalue weighted by molar-refractivity contribution is 0.174. The van der Waals surface area contributed by atoms with Crippen molar-refractivity contribution in [2.24, 2.45) is 4.99 Å².